The van der Waals surface area contributed by atoms with Gasteiger partial charge in [-0.2, -0.15) is 0 Å². The van der Waals surface area contributed by atoms with Crippen LogP contribution in [0.25, 0.3) is 0 Å². The van der Waals surface area contributed by atoms with Gasteiger partial charge in [-0.3, -0.25) is 4.90 Å². The predicted molar refractivity (Wildman–Crippen MR) is 92.6 cm³/mol. The Kier molecular flexibility index (Phi) is 3.42. The van der Waals surface area contributed by atoms with Gasteiger partial charge in [0.15, 0.2) is 0 Å². The van der Waals surface area contributed by atoms with Gasteiger partial charge in [0.2, 0.25) is 0 Å². The van der Waals surface area contributed by atoms with Gasteiger partial charge in [-0.15, -0.1) is 0 Å². The lowest BCUT2D eigenvalue weighted by Gasteiger charge is -2.43. The molecular weight excluding hydrogens is 268 g/mol. The highest BCUT2D eigenvalue weighted by Gasteiger charge is 2.35. The zero-order valence-electron chi connectivity index (χ0n) is 13.5. The van der Waals surface area contributed by atoms with E-state index in [4.69, 9.17) is 0 Å². The summed E-state index contributed by atoms with van der Waals surface area (Å²) in [6, 6.07) is 18.5. The van der Waals surface area contributed by atoms with Crippen molar-refractivity contribution in [2.75, 3.05) is 32.1 Å². The summed E-state index contributed by atoms with van der Waals surface area (Å²) in [5, 5.41) is 0. The molecule has 0 bridgehead atoms. The number of likely N-dealkylation sites (N-methyl/N-ethyl adjacent to an activating group) is 1. The molecule has 2 nitrogen and oxygen atoms in total. The molecule has 4 rings (SSSR count). The topological polar surface area (TPSA) is 6.48 Å². The monoisotopic (exact) mass is 292 g/mol. The fourth-order valence-electron chi connectivity index (χ4n) is 4.33. The average molecular weight is 292 g/mol. The van der Waals surface area contributed by atoms with Crippen molar-refractivity contribution in [1.29, 1.82) is 0 Å². The molecule has 2 aromatic rings. The van der Waals surface area contributed by atoms with Crippen LogP contribution in [0.4, 0.5) is 5.69 Å². The first-order valence-electron chi connectivity index (χ1n) is 8.34. The Morgan fingerprint density at radius 3 is 2.45 bits per heavy atom. The van der Waals surface area contributed by atoms with Crippen LogP contribution in [0, 0.1) is 0 Å². The van der Waals surface area contributed by atoms with Gasteiger partial charge in [0, 0.05) is 37.8 Å². The number of fused-ring (bicyclic) bond motifs is 2. The second-order valence-electron chi connectivity index (χ2n) is 6.75. The van der Waals surface area contributed by atoms with Crippen molar-refractivity contribution in [3.8, 4) is 0 Å². The summed E-state index contributed by atoms with van der Waals surface area (Å²) >= 11 is 0. The average Bonchev–Trinajstić information content (AvgIpc) is 2.56. The molecule has 0 N–H and O–H groups in total. The molecule has 114 valence electrons. The summed E-state index contributed by atoms with van der Waals surface area (Å²) in [5.41, 5.74) is 6.02. The van der Waals surface area contributed by atoms with E-state index < -0.39 is 0 Å². The van der Waals surface area contributed by atoms with Crippen LogP contribution in [0.5, 0.6) is 0 Å². The van der Waals surface area contributed by atoms with E-state index in [9.17, 15) is 0 Å². The first-order valence-corrected chi connectivity index (χ1v) is 8.34. The summed E-state index contributed by atoms with van der Waals surface area (Å²) in [6.07, 6.45) is 2.41. The van der Waals surface area contributed by atoms with Crippen molar-refractivity contribution < 1.29 is 0 Å². The molecule has 0 aliphatic carbocycles. The summed E-state index contributed by atoms with van der Waals surface area (Å²) in [7, 11) is 4.51. The zero-order chi connectivity index (χ0) is 15.1. The van der Waals surface area contributed by atoms with Crippen LogP contribution in [0.15, 0.2) is 48.5 Å². The van der Waals surface area contributed by atoms with E-state index in [1.54, 1.807) is 11.1 Å². The normalized spacial score (nSPS) is 24.7. The Hall–Kier alpha value is -1.80. The molecule has 2 unspecified atom stereocenters. The van der Waals surface area contributed by atoms with Crippen molar-refractivity contribution >= 4 is 5.69 Å². The lowest BCUT2D eigenvalue weighted by atomic mass is 9.77. The van der Waals surface area contributed by atoms with Crippen LogP contribution in [0.2, 0.25) is 0 Å². The first kappa shape index (κ1) is 13.8. The van der Waals surface area contributed by atoms with Crippen molar-refractivity contribution in [3.63, 3.8) is 0 Å². The Labute approximate surface area is 133 Å². The Morgan fingerprint density at radius 2 is 1.59 bits per heavy atom. The highest BCUT2D eigenvalue weighted by atomic mass is 15.2. The number of para-hydroxylation sites is 1. The maximum Gasteiger partial charge on any atom is 0.0417 e. The largest absolute Gasteiger partial charge is 0.374 e. The molecule has 2 heteroatoms. The molecule has 2 aromatic carbocycles. The Bertz CT molecular complexity index is 679. The smallest absolute Gasteiger partial charge is 0.0417 e. The Balaban J connectivity index is 1.81. The molecular formula is C20H24N2. The van der Waals surface area contributed by atoms with E-state index in [1.807, 2.05) is 0 Å². The minimum atomic E-state index is 0.514. The van der Waals surface area contributed by atoms with Crippen LogP contribution in [-0.4, -0.2) is 32.1 Å². The Morgan fingerprint density at radius 1 is 0.864 bits per heavy atom. The molecule has 0 saturated carbocycles. The van der Waals surface area contributed by atoms with Crippen molar-refractivity contribution in [2.45, 2.75) is 24.8 Å². The number of nitrogens with zero attached hydrogens (tertiary/aromatic N) is 2. The van der Waals surface area contributed by atoms with Gasteiger partial charge in [-0.25, -0.2) is 0 Å². The van der Waals surface area contributed by atoms with Gasteiger partial charge in [0.05, 0.1) is 0 Å². The lowest BCUT2D eigenvalue weighted by molar-refractivity contribution is 0.192. The van der Waals surface area contributed by atoms with Crippen molar-refractivity contribution in [2.24, 2.45) is 0 Å². The lowest BCUT2D eigenvalue weighted by Crippen LogP contribution is -2.39. The van der Waals surface area contributed by atoms with E-state index in [-0.39, 0.29) is 0 Å². The summed E-state index contributed by atoms with van der Waals surface area (Å²) in [4.78, 5) is 4.97. The second-order valence-corrected chi connectivity index (χ2v) is 6.75. The van der Waals surface area contributed by atoms with Gasteiger partial charge in [0.1, 0.15) is 0 Å². The van der Waals surface area contributed by atoms with Crippen LogP contribution in [-0.2, 0) is 6.42 Å². The van der Waals surface area contributed by atoms with Crippen LogP contribution in [0.3, 0.4) is 0 Å². The summed E-state index contributed by atoms with van der Waals surface area (Å²) in [6.45, 7) is 2.31. The van der Waals surface area contributed by atoms with Crippen molar-refractivity contribution in [1.82, 2.24) is 4.90 Å². The highest BCUT2D eigenvalue weighted by molar-refractivity contribution is 5.57. The highest BCUT2D eigenvalue weighted by Crippen LogP contribution is 2.46. The van der Waals surface area contributed by atoms with E-state index in [0.29, 0.717) is 12.0 Å². The number of rotatable bonds is 1. The molecule has 0 amide bonds. The molecule has 0 aromatic heterocycles. The van der Waals surface area contributed by atoms with Gasteiger partial charge < -0.3 is 4.90 Å². The van der Waals surface area contributed by atoms with E-state index in [1.165, 1.54) is 24.1 Å². The van der Waals surface area contributed by atoms with Gasteiger partial charge in [-0.05, 0) is 42.6 Å². The molecule has 0 spiro atoms. The molecule has 0 fully saturated rings. The van der Waals surface area contributed by atoms with E-state index in [2.05, 4.69) is 72.4 Å². The molecule has 2 aliphatic rings. The molecule has 0 saturated heterocycles. The maximum absolute atomic E-state index is 2.56. The zero-order valence-corrected chi connectivity index (χ0v) is 13.5. The van der Waals surface area contributed by atoms with Crippen LogP contribution < -0.4 is 4.90 Å². The summed E-state index contributed by atoms with van der Waals surface area (Å²) < 4.78 is 0. The maximum atomic E-state index is 2.56. The van der Waals surface area contributed by atoms with Gasteiger partial charge in [-0.1, -0.05) is 42.5 Å². The third-order valence-corrected chi connectivity index (χ3v) is 5.49. The quantitative estimate of drug-likeness (QED) is 0.788. The molecule has 22 heavy (non-hydrogen) atoms. The standard InChI is InChI=1S/C20H24N2/c1-21-14-12-18(17-9-5-6-10-19(17)21)20-16-8-4-3-7-15(16)11-13-22(20)2/h3-10,18,20H,11-14H2,1-2H3. The number of hydrogen-bond acceptors (Lipinski definition) is 2. The van der Waals surface area contributed by atoms with Gasteiger partial charge >= 0.3 is 0 Å². The van der Waals surface area contributed by atoms with Crippen LogP contribution in [0.1, 0.15) is 35.1 Å². The minimum absolute atomic E-state index is 0.514. The number of benzene rings is 2. The first-order chi connectivity index (χ1) is 10.8. The fourth-order valence-corrected chi connectivity index (χ4v) is 4.33. The molecule has 2 heterocycles. The molecule has 2 atom stereocenters. The molecule has 0 radical (unpaired) electrons. The molecule has 2 aliphatic heterocycles. The number of anilines is 1. The number of hydrogen-bond donors (Lipinski definition) is 0. The third kappa shape index (κ3) is 2.14. The fraction of sp³-hybridized carbons (Fsp3) is 0.400. The third-order valence-electron chi connectivity index (χ3n) is 5.49. The minimum Gasteiger partial charge on any atom is -0.374 e. The summed E-state index contributed by atoms with van der Waals surface area (Å²) in [5.74, 6) is 0.596. The van der Waals surface area contributed by atoms with Crippen LogP contribution >= 0.6 is 0 Å². The van der Waals surface area contributed by atoms with Crippen molar-refractivity contribution in [3.05, 3.63) is 65.2 Å². The van der Waals surface area contributed by atoms with E-state index >= 15 is 0 Å². The predicted octanol–water partition coefficient (Wildman–Crippen LogP) is 3.84. The second kappa shape index (κ2) is 5.44. The van der Waals surface area contributed by atoms with Gasteiger partial charge in [0.25, 0.3) is 0 Å². The SMILES string of the molecule is CN1CCC(C2c3ccccc3CCN2C)c2ccccc21. The van der Waals surface area contributed by atoms with E-state index in [0.717, 1.165) is 13.1 Å².